The Morgan fingerprint density at radius 3 is 2.71 bits per heavy atom. The quantitative estimate of drug-likeness (QED) is 0.732. The van der Waals surface area contributed by atoms with Crippen LogP contribution in [0.3, 0.4) is 0 Å². The number of benzene rings is 2. The average Bonchev–Trinajstić information content (AvgIpc) is 2.61. The van der Waals surface area contributed by atoms with Crippen molar-refractivity contribution in [3.8, 4) is 11.5 Å². The van der Waals surface area contributed by atoms with Crippen molar-refractivity contribution in [3.63, 3.8) is 0 Å². The van der Waals surface area contributed by atoms with Crippen molar-refractivity contribution < 1.29 is 24.2 Å². The molecule has 0 aromatic heterocycles. The lowest BCUT2D eigenvalue weighted by Gasteiger charge is -2.28. The van der Waals surface area contributed by atoms with Crippen molar-refractivity contribution in [1.82, 2.24) is 4.90 Å². The van der Waals surface area contributed by atoms with Gasteiger partial charge in [-0.3, -0.25) is 4.90 Å². The van der Waals surface area contributed by atoms with E-state index in [1.54, 1.807) is 6.07 Å². The Bertz CT molecular complexity index is 933. The van der Waals surface area contributed by atoms with Crippen molar-refractivity contribution in [2.24, 2.45) is 0 Å². The van der Waals surface area contributed by atoms with Crippen LogP contribution in [-0.4, -0.2) is 49.3 Å². The van der Waals surface area contributed by atoms with E-state index in [0.717, 1.165) is 0 Å². The molecule has 2 aromatic carbocycles. The van der Waals surface area contributed by atoms with Crippen molar-refractivity contribution in [2.45, 2.75) is 6.54 Å². The van der Waals surface area contributed by atoms with E-state index in [-0.39, 0.29) is 35.2 Å². The number of amides is 1. The van der Waals surface area contributed by atoms with Gasteiger partial charge in [0.2, 0.25) is 0 Å². The number of hydrogen-bond acceptors (Lipinski definition) is 6. The lowest BCUT2D eigenvalue weighted by Crippen LogP contribution is -2.37. The smallest absolute Gasteiger partial charge is 0.420 e. The number of carbonyl (C=O) groups excluding carboxylic acids is 2. The van der Waals surface area contributed by atoms with Crippen molar-refractivity contribution >= 4 is 41.0 Å². The first-order valence-electron chi connectivity index (χ1n) is 8.38. The molecule has 0 saturated carbocycles. The van der Waals surface area contributed by atoms with Crippen LogP contribution in [0, 0.1) is 0 Å². The van der Waals surface area contributed by atoms with E-state index < -0.39 is 12.1 Å². The summed E-state index contributed by atoms with van der Waals surface area (Å²) >= 11 is 12.1. The zero-order valence-electron chi connectivity index (χ0n) is 15.2. The number of halogens is 2. The molecule has 28 heavy (non-hydrogen) atoms. The van der Waals surface area contributed by atoms with Gasteiger partial charge in [0.05, 0.1) is 17.3 Å². The van der Waals surface area contributed by atoms with Crippen LogP contribution >= 0.6 is 23.2 Å². The van der Waals surface area contributed by atoms with Crippen LogP contribution in [-0.2, 0) is 11.3 Å². The lowest BCUT2D eigenvalue weighted by atomic mass is 10.1. The zero-order chi connectivity index (χ0) is 20.4. The maximum absolute atomic E-state index is 12.4. The van der Waals surface area contributed by atoms with Gasteiger partial charge in [0.25, 0.3) is 0 Å². The number of esters is 1. The molecular weight excluding hydrogens is 407 g/mol. The third kappa shape index (κ3) is 4.32. The number of phenols is 1. The number of likely N-dealkylation sites (N-methyl/N-ethyl adjacent to an activating group) is 1. The van der Waals surface area contributed by atoms with Crippen LogP contribution in [0.2, 0.25) is 10.0 Å². The molecule has 0 unspecified atom stereocenters. The van der Waals surface area contributed by atoms with Crippen molar-refractivity contribution in [3.05, 3.63) is 51.5 Å². The first-order valence-corrected chi connectivity index (χ1v) is 9.14. The van der Waals surface area contributed by atoms with Crippen LogP contribution in [0.5, 0.6) is 11.5 Å². The van der Waals surface area contributed by atoms with Gasteiger partial charge in [-0.15, -0.1) is 0 Å². The van der Waals surface area contributed by atoms with E-state index in [1.807, 2.05) is 19.0 Å². The second kappa shape index (κ2) is 8.26. The molecule has 0 spiro atoms. The largest absolute Gasteiger partial charge is 0.507 e. The van der Waals surface area contributed by atoms with Crippen LogP contribution in [0.1, 0.15) is 15.9 Å². The number of nitrogens with zero attached hydrogens (tertiary/aromatic N) is 2. The highest BCUT2D eigenvalue weighted by Crippen LogP contribution is 2.38. The minimum absolute atomic E-state index is 0.0133. The number of carbonyl (C=O) groups is 2. The fourth-order valence-electron chi connectivity index (χ4n) is 2.68. The Morgan fingerprint density at radius 1 is 1.29 bits per heavy atom. The number of anilines is 1. The maximum Gasteiger partial charge on any atom is 0.420 e. The Kier molecular flexibility index (Phi) is 5.98. The van der Waals surface area contributed by atoms with E-state index in [9.17, 15) is 14.7 Å². The Morgan fingerprint density at radius 2 is 2.04 bits per heavy atom. The van der Waals surface area contributed by atoms with E-state index >= 15 is 0 Å². The van der Waals surface area contributed by atoms with Crippen molar-refractivity contribution in [1.29, 1.82) is 0 Å². The second-order valence-corrected chi connectivity index (χ2v) is 7.31. The summed E-state index contributed by atoms with van der Waals surface area (Å²) in [5, 5.41) is 10.9. The molecule has 1 amide bonds. The third-order valence-corrected chi connectivity index (χ3v) is 4.61. The van der Waals surface area contributed by atoms with Gasteiger partial charge in [-0.2, -0.15) is 0 Å². The summed E-state index contributed by atoms with van der Waals surface area (Å²) in [5.74, 6) is -0.677. The summed E-state index contributed by atoms with van der Waals surface area (Å²) in [6.07, 6.45) is -0.655. The number of ether oxygens (including phenoxy) is 2. The molecule has 0 radical (unpaired) electrons. The van der Waals surface area contributed by atoms with Gasteiger partial charge in [-0.25, -0.2) is 9.59 Å². The van der Waals surface area contributed by atoms with Crippen LogP contribution in [0.25, 0.3) is 0 Å². The maximum atomic E-state index is 12.4. The number of phenolic OH excluding ortho intramolecular Hbond substituents is 1. The molecule has 2 aromatic rings. The predicted octanol–water partition coefficient (Wildman–Crippen LogP) is 3.94. The first kappa shape index (κ1) is 20.3. The second-order valence-electron chi connectivity index (χ2n) is 6.47. The number of rotatable bonds is 5. The molecule has 0 atom stereocenters. The minimum Gasteiger partial charge on any atom is -0.507 e. The van der Waals surface area contributed by atoms with E-state index in [4.69, 9.17) is 32.7 Å². The highest BCUT2D eigenvalue weighted by Gasteiger charge is 2.29. The number of hydrogen-bond donors (Lipinski definition) is 1. The number of fused-ring (bicyclic) bond motifs is 1. The van der Waals surface area contributed by atoms with Crippen molar-refractivity contribution in [2.75, 3.05) is 32.1 Å². The highest BCUT2D eigenvalue weighted by atomic mass is 35.5. The molecule has 0 bridgehead atoms. The molecule has 9 heteroatoms. The summed E-state index contributed by atoms with van der Waals surface area (Å²) < 4.78 is 10.4. The fraction of sp³-hybridized carbons (Fsp3) is 0.263. The van der Waals surface area contributed by atoms with E-state index in [0.29, 0.717) is 22.8 Å². The third-order valence-electron chi connectivity index (χ3n) is 4.11. The normalized spacial score (nSPS) is 13.3. The highest BCUT2D eigenvalue weighted by molar-refractivity contribution is 6.35. The zero-order valence-corrected chi connectivity index (χ0v) is 16.8. The van der Waals surface area contributed by atoms with Gasteiger partial charge in [0.1, 0.15) is 17.9 Å². The van der Waals surface area contributed by atoms with Gasteiger partial charge in [-0.1, -0.05) is 23.2 Å². The first-order chi connectivity index (χ1) is 13.3. The fourth-order valence-corrected chi connectivity index (χ4v) is 3.25. The van der Waals surface area contributed by atoms with Gasteiger partial charge in [0.15, 0.2) is 5.75 Å². The van der Waals surface area contributed by atoms with Gasteiger partial charge in [-0.05, 0) is 38.4 Å². The summed E-state index contributed by atoms with van der Waals surface area (Å²) in [4.78, 5) is 27.6. The molecular formula is C19H18Cl2N2O5. The Labute approximate surface area is 172 Å². The molecule has 0 saturated heterocycles. The predicted molar refractivity (Wildman–Crippen MR) is 106 cm³/mol. The van der Waals surface area contributed by atoms with E-state index in [1.165, 1.54) is 29.2 Å². The van der Waals surface area contributed by atoms with Crippen LogP contribution in [0.4, 0.5) is 10.5 Å². The molecule has 1 heterocycles. The molecule has 0 aliphatic carbocycles. The van der Waals surface area contributed by atoms with Gasteiger partial charge >= 0.3 is 12.1 Å². The van der Waals surface area contributed by atoms with E-state index in [2.05, 4.69) is 0 Å². The minimum atomic E-state index is -0.655. The SMILES string of the molecule is CN(C)CCOC(=O)c1ccc(N2Cc3cc(Cl)cc(Cl)c3OC2=O)cc1O. The molecule has 1 aliphatic heterocycles. The summed E-state index contributed by atoms with van der Waals surface area (Å²) in [6.45, 7) is 0.916. The van der Waals surface area contributed by atoms with Gasteiger partial charge < -0.3 is 19.5 Å². The molecule has 7 nitrogen and oxygen atoms in total. The van der Waals surface area contributed by atoms with Crippen LogP contribution < -0.4 is 9.64 Å². The standard InChI is InChI=1S/C19H18Cl2N2O5/c1-22(2)5-6-27-18(25)14-4-3-13(9-16(14)24)23-10-11-7-12(20)8-15(21)17(11)28-19(23)26/h3-4,7-9,24H,5-6,10H2,1-2H3. The molecule has 148 valence electrons. The summed E-state index contributed by atoms with van der Waals surface area (Å²) in [7, 11) is 3.71. The topological polar surface area (TPSA) is 79.3 Å². The summed E-state index contributed by atoms with van der Waals surface area (Å²) in [6, 6.07) is 7.38. The lowest BCUT2D eigenvalue weighted by molar-refractivity contribution is 0.0478. The molecule has 0 fully saturated rings. The monoisotopic (exact) mass is 424 g/mol. The Balaban J connectivity index is 1.80. The molecule has 1 N–H and O–H groups in total. The average molecular weight is 425 g/mol. The Hall–Kier alpha value is -2.48. The molecule has 3 rings (SSSR count). The van der Waals surface area contributed by atoms with Gasteiger partial charge in [0, 0.05) is 23.2 Å². The summed E-state index contributed by atoms with van der Waals surface area (Å²) in [5.41, 5.74) is 0.997. The molecule has 1 aliphatic rings. The number of aromatic hydroxyl groups is 1. The van der Waals surface area contributed by atoms with Crippen LogP contribution in [0.15, 0.2) is 30.3 Å².